The number of carbonyl (C=O) groups excluding carboxylic acids is 2. The van der Waals surface area contributed by atoms with Crippen LogP contribution in [0.1, 0.15) is 26.5 Å². The number of anilines is 2. The molecule has 4 aromatic rings. The summed E-state index contributed by atoms with van der Waals surface area (Å²) < 4.78 is 6.17. The van der Waals surface area contributed by atoms with Gasteiger partial charge in [-0.25, -0.2) is 9.97 Å². The van der Waals surface area contributed by atoms with Crippen molar-refractivity contribution in [3.63, 3.8) is 0 Å². The first kappa shape index (κ1) is 19.9. The first-order valence-corrected chi connectivity index (χ1v) is 9.99. The van der Waals surface area contributed by atoms with Gasteiger partial charge in [0.15, 0.2) is 5.69 Å². The number of rotatable bonds is 5. The van der Waals surface area contributed by atoms with Gasteiger partial charge >= 0.3 is 0 Å². The number of fused-ring (bicyclic) bond motifs is 1. The smallest absolute Gasteiger partial charge is 0.276 e. The summed E-state index contributed by atoms with van der Waals surface area (Å²) in [5.74, 6) is -0.220. The minimum absolute atomic E-state index is 0.0137. The van der Waals surface area contributed by atoms with E-state index in [-0.39, 0.29) is 17.3 Å². The van der Waals surface area contributed by atoms with E-state index in [1.807, 2.05) is 37.3 Å². The van der Waals surface area contributed by atoms with Gasteiger partial charge in [0.05, 0.1) is 24.6 Å². The number of aromatic nitrogens is 4. The van der Waals surface area contributed by atoms with Crippen LogP contribution >= 0.6 is 22.6 Å². The van der Waals surface area contributed by atoms with Crippen LogP contribution in [-0.4, -0.2) is 38.9 Å². The summed E-state index contributed by atoms with van der Waals surface area (Å²) in [6.45, 7) is 1.89. The molecular weight excluding hydrogens is 499 g/mol. The number of benzene rings is 2. The van der Waals surface area contributed by atoms with Gasteiger partial charge in [0.25, 0.3) is 11.8 Å². The van der Waals surface area contributed by atoms with Crippen LogP contribution in [0.2, 0.25) is 0 Å². The van der Waals surface area contributed by atoms with Crippen LogP contribution in [0.4, 0.5) is 11.6 Å². The Hall–Kier alpha value is -3.41. The van der Waals surface area contributed by atoms with Gasteiger partial charge < -0.3 is 20.0 Å². The van der Waals surface area contributed by atoms with E-state index < -0.39 is 11.8 Å². The van der Waals surface area contributed by atoms with Gasteiger partial charge in [-0.3, -0.25) is 14.9 Å². The molecule has 2 heterocycles. The molecule has 2 amide bonds. The number of halogens is 1. The zero-order chi connectivity index (χ0) is 21.3. The molecule has 10 heteroatoms. The predicted molar refractivity (Wildman–Crippen MR) is 121 cm³/mol. The number of imidazole rings is 2. The molecule has 9 nitrogen and oxygen atoms in total. The molecule has 2 aromatic carbocycles. The number of aryl methyl sites for hydroxylation is 1. The largest absolute Gasteiger partial charge is 0.494 e. The molecule has 0 aliphatic carbocycles. The summed E-state index contributed by atoms with van der Waals surface area (Å²) in [5, 5.41) is 5.48. The zero-order valence-electron chi connectivity index (χ0n) is 16.0. The van der Waals surface area contributed by atoms with E-state index in [0.717, 1.165) is 9.13 Å². The highest BCUT2D eigenvalue weighted by Crippen LogP contribution is 2.25. The molecule has 4 rings (SSSR count). The fourth-order valence-electron chi connectivity index (χ4n) is 3.00. The van der Waals surface area contributed by atoms with Crippen molar-refractivity contribution in [3.05, 3.63) is 63.2 Å². The molecule has 0 bridgehead atoms. The molecule has 2 aromatic heterocycles. The fourth-order valence-corrected chi connectivity index (χ4v) is 3.77. The number of methoxy groups -OCH3 is 1. The van der Waals surface area contributed by atoms with Crippen LogP contribution in [0.3, 0.4) is 0 Å². The van der Waals surface area contributed by atoms with Gasteiger partial charge in [0.2, 0.25) is 5.95 Å². The maximum Gasteiger partial charge on any atom is 0.276 e. The number of amides is 2. The van der Waals surface area contributed by atoms with Gasteiger partial charge in [0.1, 0.15) is 17.0 Å². The Labute approximate surface area is 184 Å². The molecule has 0 fully saturated rings. The Bertz CT molecular complexity index is 1240. The molecule has 30 heavy (non-hydrogen) atoms. The number of para-hydroxylation sites is 2. The number of hydrogen-bond acceptors (Lipinski definition) is 5. The first-order valence-electron chi connectivity index (χ1n) is 8.92. The molecule has 0 saturated heterocycles. The van der Waals surface area contributed by atoms with E-state index in [4.69, 9.17) is 4.74 Å². The topological polar surface area (TPSA) is 125 Å². The summed E-state index contributed by atoms with van der Waals surface area (Å²) in [6, 6.07) is 11.1. The van der Waals surface area contributed by atoms with Crippen LogP contribution in [-0.2, 0) is 0 Å². The minimum atomic E-state index is -0.546. The van der Waals surface area contributed by atoms with Crippen molar-refractivity contribution >= 4 is 57.1 Å². The number of nitrogens with zero attached hydrogens (tertiary/aromatic N) is 2. The number of aromatic amines is 2. The van der Waals surface area contributed by atoms with Crippen molar-refractivity contribution in [2.24, 2.45) is 0 Å². The van der Waals surface area contributed by atoms with E-state index in [1.54, 1.807) is 13.2 Å². The SMILES string of the molecule is COc1cccc2[nH]c(NC(=O)c3[nH]cnc3C(=O)Nc3c(C)cccc3I)nc12. The van der Waals surface area contributed by atoms with E-state index in [9.17, 15) is 9.59 Å². The average molecular weight is 516 g/mol. The Balaban J connectivity index is 1.57. The third-order valence-electron chi connectivity index (χ3n) is 4.47. The number of carbonyl (C=O) groups is 2. The monoisotopic (exact) mass is 516 g/mol. The maximum atomic E-state index is 12.8. The lowest BCUT2D eigenvalue weighted by atomic mass is 10.2. The quantitative estimate of drug-likeness (QED) is 0.301. The normalized spacial score (nSPS) is 10.8. The Kier molecular flexibility index (Phi) is 5.40. The standard InChI is InChI=1S/C20H17IN6O3/c1-10-5-3-6-11(21)14(10)25-18(28)16-17(23-9-22-16)19(29)27-20-24-12-7-4-8-13(30-2)15(12)26-20/h3-9H,1-2H3,(H,22,23)(H,25,28)(H2,24,26,27,29). The van der Waals surface area contributed by atoms with Crippen molar-refractivity contribution in [2.45, 2.75) is 6.92 Å². The molecule has 0 atom stereocenters. The second-order valence-electron chi connectivity index (χ2n) is 6.41. The van der Waals surface area contributed by atoms with Gasteiger partial charge in [-0.05, 0) is 53.3 Å². The third-order valence-corrected chi connectivity index (χ3v) is 5.37. The van der Waals surface area contributed by atoms with Gasteiger partial charge in [0, 0.05) is 3.57 Å². The van der Waals surface area contributed by atoms with Crippen molar-refractivity contribution in [1.29, 1.82) is 0 Å². The first-order chi connectivity index (χ1) is 14.5. The number of H-pyrrole nitrogens is 2. The summed E-state index contributed by atoms with van der Waals surface area (Å²) in [4.78, 5) is 39.6. The summed E-state index contributed by atoms with van der Waals surface area (Å²) in [7, 11) is 1.55. The second-order valence-corrected chi connectivity index (χ2v) is 7.57. The van der Waals surface area contributed by atoms with Crippen molar-refractivity contribution < 1.29 is 14.3 Å². The molecule has 0 unspecified atom stereocenters. The van der Waals surface area contributed by atoms with Crippen LogP contribution < -0.4 is 15.4 Å². The molecule has 0 aliphatic rings. The Morgan fingerprint density at radius 3 is 2.67 bits per heavy atom. The lowest BCUT2D eigenvalue weighted by Crippen LogP contribution is -2.21. The molecule has 4 N–H and O–H groups in total. The molecule has 0 saturated carbocycles. The third kappa shape index (κ3) is 3.73. The van der Waals surface area contributed by atoms with E-state index in [0.29, 0.717) is 22.5 Å². The molecule has 0 spiro atoms. The number of nitrogens with one attached hydrogen (secondary N) is 4. The summed E-state index contributed by atoms with van der Waals surface area (Å²) >= 11 is 2.14. The number of ether oxygens (including phenoxy) is 1. The Morgan fingerprint density at radius 2 is 1.90 bits per heavy atom. The van der Waals surface area contributed by atoms with Crippen molar-refractivity contribution in [3.8, 4) is 5.75 Å². The number of hydrogen-bond donors (Lipinski definition) is 4. The highest BCUT2D eigenvalue weighted by atomic mass is 127. The average Bonchev–Trinajstić information content (AvgIpc) is 3.37. The lowest BCUT2D eigenvalue weighted by Gasteiger charge is -2.10. The summed E-state index contributed by atoms with van der Waals surface area (Å²) in [6.07, 6.45) is 1.30. The van der Waals surface area contributed by atoms with E-state index in [2.05, 4.69) is 53.2 Å². The molecular formula is C20H17IN6O3. The lowest BCUT2D eigenvalue weighted by molar-refractivity contribution is 0.0985. The molecule has 152 valence electrons. The van der Waals surface area contributed by atoms with Crippen LogP contribution in [0, 0.1) is 10.5 Å². The van der Waals surface area contributed by atoms with Gasteiger partial charge in [-0.1, -0.05) is 18.2 Å². The van der Waals surface area contributed by atoms with E-state index in [1.165, 1.54) is 6.33 Å². The highest BCUT2D eigenvalue weighted by Gasteiger charge is 2.22. The van der Waals surface area contributed by atoms with Crippen LogP contribution in [0.25, 0.3) is 11.0 Å². The molecule has 0 radical (unpaired) electrons. The maximum absolute atomic E-state index is 12.8. The van der Waals surface area contributed by atoms with Gasteiger partial charge in [-0.2, -0.15) is 0 Å². The zero-order valence-corrected chi connectivity index (χ0v) is 18.2. The second kappa shape index (κ2) is 8.14. The van der Waals surface area contributed by atoms with Crippen LogP contribution in [0.5, 0.6) is 5.75 Å². The predicted octanol–water partition coefficient (Wildman–Crippen LogP) is 3.71. The Morgan fingerprint density at radius 1 is 1.10 bits per heavy atom. The highest BCUT2D eigenvalue weighted by molar-refractivity contribution is 14.1. The summed E-state index contributed by atoms with van der Waals surface area (Å²) in [5.41, 5.74) is 2.91. The van der Waals surface area contributed by atoms with Gasteiger partial charge in [-0.15, -0.1) is 0 Å². The van der Waals surface area contributed by atoms with E-state index >= 15 is 0 Å². The van der Waals surface area contributed by atoms with Crippen molar-refractivity contribution in [1.82, 2.24) is 19.9 Å². The minimum Gasteiger partial charge on any atom is -0.494 e. The van der Waals surface area contributed by atoms with Crippen molar-refractivity contribution in [2.75, 3.05) is 17.7 Å². The van der Waals surface area contributed by atoms with Crippen LogP contribution in [0.15, 0.2) is 42.7 Å². The fraction of sp³-hybridized carbons (Fsp3) is 0.100. The molecule has 0 aliphatic heterocycles.